The number of benzene rings is 2. The Morgan fingerprint density at radius 2 is 1.62 bits per heavy atom. The Morgan fingerprint density at radius 1 is 0.973 bits per heavy atom. The molecule has 0 bridgehead atoms. The molecule has 0 aliphatic carbocycles. The van der Waals surface area contributed by atoms with E-state index < -0.39 is 12.0 Å². The van der Waals surface area contributed by atoms with Crippen molar-refractivity contribution in [3.05, 3.63) is 81.6 Å². The molecule has 2 aromatic carbocycles. The van der Waals surface area contributed by atoms with E-state index in [2.05, 4.69) is 10.2 Å². The zero-order chi connectivity index (χ0) is 26.7. The lowest BCUT2D eigenvalue weighted by Gasteiger charge is -2.39. The molecule has 3 amide bonds. The van der Waals surface area contributed by atoms with Gasteiger partial charge in [0.15, 0.2) is 0 Å². The zero-order valence-electron chi connectivity index (χ0n) is 22.3. The molecule has 8 nitrogen and oxygen atoms in total. The Balaban J connectivity index is 1.59. The van der Waals surface area contributed by atoms with Crippen LogP contribution in [0.2, 0.25) is 0 Å². The summed E-state index contributed by atoms with van der Waals surface area (Å²) in [6.45, 7) is 10.8. The highest BCUT2D eigenvalue weighted by atomic mass is 16.5. The molecule has 2 aromatic rings. The van der Waals surface area contributed by atoms with Crippen LogP contribution in [0.15, 0.2) is 53.7 Å². The first kappa shape index (κ1) is 26.4. The predicted octanol–water partition coefficient (Wildman–Crippen LogP) is 3.58. The van der Waals surface area contributed by atoms with E-state index in [1.54, 1.807) is 14.0 Å². The molecule has 0 saturated carbocycles. The van der Waals surface area contributed by atoms with Crippen molar-refractivity contribution in [3.8, 4) is 0 Å². The van der Waals surface area contributed by atoms with Gasteiger partial charge in [-0.25, -0.2) is 9.59 Å². The van der Waals surface area contributed by atoms with E-state index in [9.17, 15) is 14.4 Å². The van der Waals surface area contributed by atoms with Crippen LogP contribution >= 0.6 is 0 Å². The van der Waals surface area contributed by atoms with Crippen molar-refractivity contribution in [1.82, 2.24) is 20.0 Å². The number of hydrogen-bond donors (Lipinski definition) is 1. The van der Waals surface area contributed by atoms with Gasteiger partial charge < -0.3 is 15.0 Å². The maximum atomic E-state index is 13.3. The molecule has 1 saturated heterocycles. The Morgan fingerprint density at radius 3 is 2.27 bits per heavy atom. The van der Waals surface area contributed by atoms with Crippen molar-refractivity contribution < 1.29 is 19.1 Å². The third kappa shape index (κ3) is 5.69. The average molecular weight is 505 g/mol. The Bertz CT molecular complexity index is 1210. The summed E-state index contributed by atoms with van der Waals surface area (Å²) in [4.78, 5) is 44.8. The highest BCUT2D eigenvalue weighted by Gasteiger charge is 2.38. The molecular formula is C29H36N4O4. The molecule has 37 heavy (non-hydrogen) atoms. The van der Waals surface area contributed by atoms with Gasteiger partial charge in [-0.2, -0.15) is 0 Å². The Hall–Kier alpha value is -3.65. The van der Waals surface area contributed by atoms with Gasteiger partial charge in [-0.15, -0.1) is 0 Å². The van der Waals surface area contributed by atoms with Crippen LogP contribution in [0.25, 0.3) is 0 Å². The number of carbonyl (C=O) groups is 3. The van der Waals surface area contributed by atoms with Gasteiger partial charge in [0.2, 0.25) is 0 Å². The maximum absolute atomic E-state index is 13.3. The zero-order valence-corrected chi connectivity index (χ0v) is 22.3. The van der Waals surface area contributed by atoms with Crippen molar-refractivity contribution in [2.24, 2.45) is 0 Å². The normalized spacial score (nSPS) is 18.6. The summed E-state index contributed by atoms with van der Waals surface area (Å²) in [7, 11) is 1.68. The molecule has 2 aliphatic heterocycles. The van der Waals surface area contributed by atoms with Gasteiger partial charge in [-0.3, -0.25) is 14.6 Å². The summed E-state index contributed by atoms with van der Waals surface area (Å²) in [6.07, 6.45) is 0. The summed E-state index contributed by atoms with van der Waals surface area (Å²) in [6, 6.07) is 12.8. The van der Waals surface area contributed by atoms with Crippen LogP contribution in [-0.2, 0) is 9.53 Å². The lowest BCUT2D eigenvalue weighted by atomic mass is 9.90. The highest BCUT2D eigenvalue weighted by Crippen LogP contribution is 2.33. The SMILES string of the molecule is CCOC(=O)C1=C(CN2CCN(C(=O)c3ccc(C)cc3)CC2)N(C)C(=O)N[C@@H]1c1cc(C)ccc1C. The number of likely N-dealkylation sites (N-methyl/N-ethyl adjacent to an activating group) is 1. The van der Waals surface area contributed by atoms with Gasteiger partial charge >= 0.3 is 12.0 Å². The Labute approximate surface area is 218 Å². The van der Waals surface area contributed by atoms with E-state index in [4.69, 9.17) is 4.74 Å². The number of nitrogens with one attached hydrogen (secondary N) is 1. The largest absolute Gasteiger partial charge is 0.463 e. The van der Waals surface area contributed by atoms with Gasteiger partial charge in [0.1, 0.15) is 0 Å². The third-order valence-electron chi connectivity index (χ3n) is 7.15. The molecule has 2 aliphatic rings. The third-order valence-corrected chi connectivity index (χ3v) is 7.15. The number of esters is 1. The molecule has 1 N–H and O–H groups in total. The van der Waals surface area contributed by atoms with E-state index in [0.29, 0.717) is 49.6 Å². The topological polar surface area (TPSA) is 82.2 Å². The van der Waals surface area contributed by atoms with E-state index in [-0.39, 0.29) is 18.5 Å². The molecule has 196 valence electrons. The molecule has 1 atom stereocenters. The minimum atomic E-state index is -0.595. The first-order chi connectivity index (χ1) is 17.7. The number of ether oxygens (including phenoxy) is 1. The van der Waals surface area contributed by atoms with Gasteiger partial charge in [-0.05, 0) is 51.0 Å². The number of rotatable bonds is 6. The smallest absolute Gasteiger partial charge is 0.338 e. The molecular weight excluding hydrogens is 468 g/mol. The highest BCUT2D eigenvalue weighted by molar-refractivity contribution is 5.95. The summed E-state index contributed by atoms with van der Waals surface area (Å²) in [5.74, 6) is -0.404. The van der Waals surface area contributed by atoms with E-state index in [0.717, 1.165) is 22.3 Å². The summed E-state index contributed by atoms with van der Waals surface area (Å²) < 4.78 is 5.47. The standard InChI is InChI=1S/C29H36N4O4/c1-6-37-28(35)25-24(31(5)29(36)30-26(25)23-17-20(3)7-10-21(23)4)18-32-13-15-33(16-14-32)27(34)22-11-8-19(2)9-12-22/h7-12,17,26H,6,13-16,18H2,1-5H3,(H,30,36)/t26-/m1/s1. The fourth-order valence-corrected chi connectivity index (χ4v) is 4.90. The van der Waals surface area contributed by atoms with Crippen molar-refractivity contribution in [3.63, 3.8) is 0 Å². The number of piperazine rings is 1. The summed E-state index contributed by atoms with van der Waals surface area (Å²) >= 11 is 0. The second kappa shape index (κ2) is 11.2. The summed E-state index contributed by atoms with van der Waals surface area (Å²) in [5.41, 5.74) is 5.81. The van der Waals surface area contributed by atoms with E-state index in [1.165, 1.54) is 4.90 Å². The van der Waals surface area contributed by atoms with Crippen molar-refractivity contribution in [2.75, 3.05) is 46.4 Å². The van der Waals surface area contributed by atoms with Crippen molar-refractivity contribution in [1.29, 1.82) is 0 Å². The number of amides is 3. The monoisotopic (exact) mass is 504 g/mol. The number of urea groups is 1. The fourth-order valence-electron chi connectivity index (χ4n) is 4.90. The molecule has 0 aromatic heterocycles. The van der Waals surface area contributed by atoms with E-state index >= 15 is 0 Å². The predicted molar refractivity (Wildman–Crippen MR) is 142 cm³/mol. The molecule has 0 spiro atoms. The lowest BCUT2D eigenvalue weighted by Crippen LogP contribution is -2.53. The second-order valence-electron chi connectivity index (χ2n) is 9.82. The van der Waals surface area contributed by atoms with Crippen LogP contribution in [0.1, 0.15) is 45.6 Å². The first-order valence-electron chi connectivity index (χ1n) is 12.8. The Kier molecular flexibility index (Phi) is 7.97. The molecule has 1 fully saturated rings. The number of hydrogen-bond acceptors (Lipinski definition) is 5. The van der Waals surface area contributed by atoms with Gasteiger partial charge in [0.05, 0.1) is 18.2 Å². The van der Waals surface area contributed by atoms with Crippen molar-refractivity contribution in [2.45, 2.75) is 33.7 Å². The summed E-state index contributed by atoms with van der Waals surface area (Å²) in [5, 5.41) is 3.01. The second-order valence-corrected chi connectivity index (χ2v) is 9.82. The number of nitrogens with zero attached hydrogens (tertiary/aromatic N) is 3. The first-order valence-corrected chi connectivity index (χ1v) is 12.8. The van der Waals surface area contributed by atoms with Crippen molar-refractivity contribution >= 4 is 17.9 Å². The minimum absolute atomic E-state index is 0.0234. The number of carbonyl (C=O) groups excluding carboxylic acids is 3. The van der Waals surface area contributed by atoms with Crippen LogP contribution < -0.4 is 5.32 Å². The minimum Gasteiger partial charge on any atom is -0.463 e. The van der Waals surface area contributed by atoms with Crippen LogP contribution in [0.3, 0.4) is 0 Å². The molecule has 0 unspecified atom stereocenters. The van der Waals surface area contributed by atoms with Gasteiger partial charge in [-0.1, -0.05) is 41.5 Å². The lowest BCUT2D eigenvalue weighted by molar-refractivity contribution is -0.139. The quantitative estimate of drug-likeness (QED) is 0.608. The fraction of sp³-hybridized carbons (Fsp3) is 0.414. The molecule has 8 heteroatoms. The van der Waals surface area contributed by atoms with Gasteiger partial charge in [0.25, 0.3) is 5.91 Å². The van der Waals surface area contributed by atoms with Crippen LogP contribution in [0.4, 0.5) is 4.79 Å². The molecule has 4 rings (SSSR count). The van der Waals surface area contributed by atoms with Crippen LogP contribution in [-0.4, -0.2) is 79.0 Å². The van der Waals surface area contributed by atoms with Crippen LogP contribution in [0.5, 0.6) is 0 Å². The average Bonchev–Trinajstić information content (AvgIpc) is 2.88. The molecule has 0 radical (unpaired) electrons. The molecule has 2 heterocycles. The van der Waals surface area contributed by atoms with Crippen LogP contribution in [0, 0.1) is 20.8 Å². The maximum Gasteiger partial charge on any atom is 0.338 e. The van der Waals surface area contributed by atoms with Gasteiger partial charge in [0, 0.05) is 51.0 Å². The number of aryl methyl sites for hydroxylation is 3. The van der Waals surface area contributed by atoms with E-state index in [1.807, 2.05) is 68.1 Å².